The maximum absolute atomic E-state index is 12.0. The van der Waals surface area contributed by atoms with E-state index in [1.807, 2.05) is 0 Å². The molecule has 0 saturated heterocycles. The number of hydrogen-bond acceptors (Lipinski definition) is 4. The van der Waals surface area contributed by atoms with Gasteiger partial charge in [0.25, 0.3) is 11.6 Å². The van der Waals surface area contributed by atoms with E-state index in [9.17, 15) is 14.9 Å². The van der Waals surface area contributed by atoms with E-state index in [1.54, 1.807) is 0 Å². The summed E-state index contributed by atoms with van der Waals surface area (Å²) >= 11 is 0. The summed E-state index contributed by atoms with van der Waals surface area (Å²) in [4.78, 5) is 22.1. The van der Waals surface area contributed by atoms with Gasteiger partial charge in [-0.25, -0.2) is 0 Å². The van der Waals surface area contributed by atoms with E-state index in [1.165, 1.54) is 49.9 Å². The van der Waals surface area contributed by atoms with Crippen LogP contribution < -0.4 is 10.1 Å². The largest absolute Gasteiger partial charge is 0.484 e. The molecule has 1 amide bonds. The third-order valence-electron chi connectivity index (χ3n) is 5.24. The van der Waals surface area contributed by atoms with Gasteiger partial charge in [-0.15, -0.1) is 0 Å². The molecular formula is C17H22N2O4. The van der Waals surface area contributed by atoms with Gasteiger partial charge in [-0.05, 0) is 56.1 Å². The van der Waals surface area contributed by atoms with Crippen LogP contribution in [0.15, 0.2) is 24.3 Å². The second-order valence-electron chi connectivity index (χ2n) is 6.73. The zero-order valence-corrected chi connectivity index (χ0v) is 13.2. The van der Waals surface area contributed by atoms with Crippen LogP contribution in [-0.2, 0) is 4.79 Å². The van der Waals surface area contributed by atoms with Crippen LogP contribution in [-0.4, -0.2) is 23.5 Å². The average molecular weight is 318 g/mol. The molecule has 23 heavy (non-hydrogen) atoms. The molecule has 0 spiro atoms. The first-order valence-corrected chi connectivity index (χ1v) is 8.19. The molecule has 2 aliphatic rings. The predicted molar refractivity (Wildman–Crippen MR) is 85.1 cm³/mol. The van der Waals surface area contributed by atoms with Gasteiger partial charge in [0.1, 0.15) is 5.75 Å². The first kappa shape index (κ1) is 15.8. The number of carbonyl (C=O) groups excluding carboxylic acids is 1. The molecule has 6 heteroatoms. The van der Waals surface area contributed by atoms with Crippen LogP contribution in [0.25, 0.3) is 0 Å². The van der Waals surface area contributed by atoms with E-state index in [-0.39, 0.29) is 24.2 Å². The predicted octanol–water partition coefficient (Wildman–Crippen LogP) is 2.91. The molecule has 3 rings (SSSR count). The summed E-state index contributed by atoms with van der Waals surface area (Å²) in [6, 6.07) is 5.92. The number of non-ortho nitro benzene ring substituents is 1. The van der Waals surface area contributed by atoms with Crippen LogP contribution in [0.4, 0.5) is 5.69 Å². The molecule has 0 aromatic heterocycles. The fourth-order valence-corrected chi connectivity index (χ4v) is 4.12. The average Bonchev–Trinajstić information content (AvgIpc) is 3.16. The molecule has 4 unspecified atom stereocenters. The van der Waals surface area contributed by atoms with Crippen molar-refractivity contribution in [2.45, 2.75) is 38.6 Å². The maximum atomic E-state index is 12.0. The highest BCUT2D eigenvalue weighted by atomic mass is 16.6. The molecule has 4 atom stereocenters. The number of fused-ring (bicyclic) bond motifs is 2. The Hall–Kier alpha value is -2.11. The number of hydrogen-bond donors (Lipinski definition) is 1. The Morgan fingerprint density at radius 3 is 2.65 bits per heavy atom. The zero-order chi connectivity index (χ0) is 16.4. The molecule has 124 valence electrons. The molecular weight excluding hydrogens is 296 g/mol. The quantitative estimate of drug-likeness (QED) is 0.646. The first-order chi connectivity index (χ1) is 11.0. The molecule has 1 aromatic rings. The van der Waals surface area contributed by atoms with Crippen LogP contribution in [0.3, 0.4) is 0 Å². The summed E-state index contributed by atoms with van der Waals surface area (Å²) in [5.74, 6) is 2.54. The minimum atomic E-state index is -0.465. The van der Waals surface area contributed by atoms with Crippen LogP contribution in [0.1, 0.15) is 32.6 Å². The zero-order valence-electron chi connectivity index (χ0n) is 13.2. The summed E-state index contributed by atoms with van der Waals surface area (Å²) in [7, 11) is 0. The lowest BCUT2D eigenvalue weighted by Crippen LogP contribution is -2.42. The molecule has 2 saturated carbocycles. The standard InChI is InChI=1S/C17H22N2O4/c1-11(16-9-12-2-3-13(16)8-12)18-17(20)10-23-15-6-4-14(5-7-15)19(21)22/h4-7,11-13,16H,2-3,8-10H2,1H3,(H,18,20). The summed E-state index contributed by atoms with van der Waals surface area (Å²) in [5, 5.41) is 13.6. The summed E-state index contributed by atoms with van der Waals surface area (Å²) in [6.45, 7) is 2.01. The minimum Gasteiger partial charge on any atom is -0.484 e. The number of benzene rings is 1. The van der Waals surface area contributed by atoms with Crippen molar-refractivity contribution in [1.82, 2.24) is 5.32 Å². The van der Waals surface area contributed by atoms with E-state index in [4.69, 9.17) is 4.74 Å². The summed E-state index contributed by atoms with van der Waals surface area (Å²) in [5.41, 5.74) is 0.00621. The lowest BCUT2D eigenvalue weighted by molar-refractivity contribution is -0.384. The molecule has 1 N–H and O–H groups in total. The SMILES string of the molecule is CC(NC(=O)COc1ccc([N+](=O)[O-])cc1)C1CC2CCC1C2. The summed E-state index contributed by atoms with van der Waals surface area (Å²) < 4.78 is 5.39. The molecule has 2 fully saturated rings. The van der Waals surface area contributed by atoms with Gasteiger partial charge >= 0.3 is 0 Å². The van der Waals surface area contributed by atoms with Crippen LogP contribution in [0.2, 0.25) is 0 Å². The third kappa shape index (κ3) is 3.63. The van der Waals surface area contributed by atoms with Gasteiger partial charge in [-0.3, -0.25) is 14.9 Å². The Morgan fingerprint density at radius 2 is 2.09 bits per heavy atom. The lowest BCUT2D eigenvalue weighted by atomic mass is 9.84. The smallest absolute Gasteiger partial charge is 0.269 e. The van der Waals surface area contributed by atoms with Crippen molar-refractivity contribution in [2.75, 3.05) is 6.61 Å². The maximum Gasteiger partial charge on any atom is 0.269 e. The third-order valence-corrected chi connectivity index (χ3v) is 5.24. The fourth-order valence-electron chi connectivity index (χ4n) is 4.12. The number of nitrogens with zero attached hydrogens (tertiary/aromatic N) is 1. The van der Waals surface area contributed by atoms with E-state index in [0.29, 0.717) is 11.7 Å². The molecule has 0 radical (unpaired) electrons. The minimum absolute atomic E-state index is 0.00621. The fraction of sp³-hybridized carbons (Fsp3) is 0.588. The van der Waals surface area contributed by atoms with Crippen molar-refractivity contribution in [3.8, 4) is 5.75 Å². The number of amides is 1. The van der Waals surface area contributed by atoms with E-state index in [2.05, 4.69) is 12.2 Å². The monoisotopic (exact) mass is 318 g/mol. The van der Waals surface area contributed by atoms with Gasteiger partial charge in [0, 0.05) is 18.2 Å². The van der Waals surface area contributed by atoms with Crippen molar-refractivity contribution in [2.24, 2.45) is 17.8 Å². The normalized spacial score (nSPS) is 26.7. The van der Waals surface area contributed by atoms with E-state index >= 15 is 0 Å². The molecule has 6 nitrogen and oxygen atoms in total. The Bertz CT molecular complexity index is 587. The van der Waals surface area contributed by atoms with Gasteiger partial charge in [-0.1, -0.05) is 6.42 Å². The van der Waals surface area contributed by atoms with E-state index < -0.39 is 4.92 Å². The summed E-state index contributed by atoms with van der Waals surface area (Å²) in [6.07, 6.45) is 5.21. The Morgan fingerprint density at radius 1 is 1.35 bits per heavy atom. The number of nitro benzene ring substituents is 1. The van der Waals surface area contributed by atoms with Gasteiger partial charge in [-0.2, -0.15) is 0 Å². The van der Waals surface area contributed by atoms with Crippen LogP contribution in [0.5, 0.6) is 5.75 Å². The Kier molecular flexibility index (Phi) is 4.50. The number of nitrogens with one attached hydrogen (secondary N) is 1. The highest BCUT2D eigenvalue weighted by Gasteiger charge is 2.42. The van der Waals surface area contributed by atoms with Crippen LogP contribution in [0, 0.1) is 27.9 Å². The van der Waals surface area contributed by atoms with Gasteiger partial charge in [0.15, 0.2) is 6.61 Å². The molecule has 1 aromatic carbocycles. The number of rotatable bonds is 6. The van der Waals surface area contributed by atoms with Gasteiger partial charge < -0.3 is 10.1 Å². The number of carbonyl (C=O) groups is 1. The van der Waals surface area contributed by atoms with Gasteiger partial charge in [0.05, 0.1) is 4.92 Å². The second-order valence-corrected chi connectivity index (χ2v) is 6.73. The topological polar surface area (TPSA) is 81.5 Å². The molecule has 2 bridgehead atoms. The Labute approximate surface area is 135 Å². The highest BCUT2D eigenvalue weighted by molar-refractivity contribution is 5.77. The molecule has 0 aliphatic heterocycles. The van der Waals surface area contributed by atoms with Crippen molar-refractivity contribution in [1.29, 1.82) is 0 Å². The van der Waals surface area contributed by atoms with Crippen LogP contribution >= 0.6 is 0 Å². The molecule has 0 heterocycles. The first-order valence-electron chi connectivity index (χ1n) is 8.19. The molecule has 2 aliphatic carbocycles. The number of ether oxygens (including phenoxy) is 1. The van der Waals surface area contributed by atoms with Crippen molar-refractivity contribution in [3.63, 3.8) is 0 Å². The lowest BCUT2D eigenvalue weighted by Gasteiger charge is -2.28. The van der Waals surface area contributed by atoms with Crippen molar-refractivity contribution >= 4 is 11.6 Å². The van der Waals surface area contributed by atoms with Gasteiger partial charge in [0.2, 0.25) is 0 Å². The second kappa shape index (κ2) is 6.56. The van der Waals surface area contributed by atoms with E-state index in [0.717, 1.165) is 11.8 Å². The Balaban J connectivity index is 1.45. The van der Waals surface area contributed by atoms with Crippen molar-refractivity contribution < 1.29 is 14.5 Å². The highest BCUT2D eigenvalue weighted by Crippen LogP contribution is 2.49. The number of nitro groups is 1. The van der Waals surface area contributed by atoms with Crippen molar-refractivity contribution in [3.05, 3.63) is 34.4 Å².